The van der Waals surface area contributed by atoms with Crippen LogP contribution in [-0.2, 0) is 20.7 Å². The molecule has 2 aromatic rings. The fraction of sp³-hybridized carbons (Fsp3) is 0.263. The Hall–Kier alpha value is -2.89. The number of carbonyl (C=O) groups excluding carboxylic acids is 2. The minimum absolute atomic E-state index is 0.0744. The topological polar surface area (TPSA) is 67.4 Å². The highest BCUT2D eigenvalue weighted by Crippen LogP contribution is 2.24. The number of hydrogen-bond acceptors (Lipinski definition) is 4. The molecule has 6 heteroatoms. The molecule has 1 aliphatic rings. The van der Waals surface area contributed by atoms with E-state index in [2.05, 4.69) is 10.6 Å². The zero-order chi connectivity index (χ0) is 17.8. The van der Waals surface area contributed by atoms with Crippen LogP contribution in [0.1, 0.15) is 18.9 Å². The van der Waals surface area contributed by atoms with E-state index in [1.54, 1.807) is 0 Å². The molecule has 0 spiro atoms. The summed E-state index contributed by atoms with van der Waals surface area (Å²) in [7, 11) is 0. The number of esters is 1. The lowest BCUT2D eigenvalue weighted by atomic mass is 10.1. The number of ether oxygens (including phenoxy) is 1. The highest BCUT2D eigenvalue weighted by Gasteiger charge is 2.31. The number of anilines is 2. The Morgan fingerprint density at radius 2 is 2.00 bits per heavy atom. The summed E-state index contributed by atoms with van der Waals surface area (Å²) in [5.41, 5.74) is 1.47. The molecule has 0 aromatic heterocycles. The second kappa shape index (κ2) is 7.34. The zero-order valence-electron chi connectivity index (χ0n) is 13.8. The molecule has 2 N–H and O–H groups in total. The molecule has 2 aromatic carbocycles. The van der Waals surface area contributed by atoms with Gasteiger partial charge in [-0.25, -0.2) is 9.18 Å². The molecule has 0 aliphatic carbocycles. The number of carbonyl (C=O) groups is 2. The van der Waals surface area contributed by atoms with Crippen molar-refractivity contribution in [2.45, 2.75) is 31.9 Å². The van der Waals surface area contributed by atoms with Crippen molar-refractivity contribution in [3.63, 3.8) is 0 Å². The molecule has 1 amide bonds. The average molecular weight is 342 g/mol. The molecule has 1 heterocycles. The van der Waals surface area contributed by atoms with Gasteiger partial charge >= 0.3 is 5.97 Å². The second-order valence-electron chi connectivity index (χ2n) is 6.09. The third kappa shape index (κ3) is 4.35. The lowest BCUT2D eigenvalue weighted by Crippen LogP contribution is -2.24. The van der Waals surface area contributed by atoms with Gasteiger partial charge < -0.3 is 15.4 Å². The first-order valence-electron chi connectivity index (χ1n) is 8.11. The number of halogens is 1. The summed E-state index contributed by atoms with van der Waals surface area (Å²) < 4.78 is 19.1. The first-order valence-corrected chi connectivity index (χ1v) is 8.11. The van der Waals surface area contributed by atoms with Crippen molar-refractivity contribution in [2.75, 3.05) is 10.6 Å². The molecule has 3 rings (SSSR count). The minimum atomic E-state index is -0.533. The van der Waals surface area contributed by atoms with E-state index in [9.17, 15) is 14.0 Å². The predicted octanol–water partition coefficient (Wildman–Crippen LogP) is 3.12. The van der Waals surface area contributed by atoms with Crippen LogP contribution in [0.3, 0.4) is 0 Å². The lowest BCUT2D eigenvalue weighted by Gasteiger charge is -2.13. The van der Waals surface area contributed by atoms with Gasteiger partial charge in [0, 0.05) is 12.1 Å². The van der Waals surface area contributed by atoms with E-state index < -0.39 is 11.9 Å². The van der Waals surface area contributed by atoms with E-state index >= 15 is 0 Å². The lowest BCUT2D eigenvalue weighted by molar-refractivity contribution is -0.141. The molecule has 1 aliphatic heterocycles. The van der Waals surface area contributed by atoms with Gasteiger partial charge in [0.15, 0.2) is 0 Å². The highest BCUT2D eigenvalue weighted by atomic mass is 19.1. The summed E-state index contributed by atoms with van der Waals surface area (Å²) >= 11 is 0. The minimum Gasteiger partial charge on any atom is -0.461 e. The number of benzene rings is 2. The Morgan fingerprint density at radius 3 is 2.68 bits per heavy atom. The molecule has 0 saturated carbocycles. The van der Waals surface area contributed by atoms with Crippen molar-refractivity contribution < 1.29 is 18.7 Å². The van der Waals surface area contributed by atoms with Crippen molar-refractivity contribution in [1.82, 2.24) is 0 Å². The normalized spacial score (nSPS) is 19.4. The Balaban J connectivity index is 1.67. The molecule has 2 atom stereocenters. The van der Waals surface area contributed by atoms with Crippen molar-refractivity contribution in [2.24, 2.45) is 0 Å². The Bertz CT molecular complexity index is 779. The van der Waals surface area contributed by atoms with Crippen molar-refractivity contribution >= 4 is 23.3 Å². The Morgan fingerprint density at radius 1 is 1.24 bits per heavy atom. The van der Waals surface area contributed by atoms with Crippen LogP contribution in [0.2, 0.25) is 0 Å². The van der Waals surface area contributed by atoms with Crippen LogP contribution in [0.5, 0.6) is 0 Å². The number of nitrogens with one attached hydrogen (secondary N) is 2. The van der Waals surface area contributed by atoms with Crippen LogP contribution >= 0.6 is 0 Å². The maximum absolute atomic E-state index is 14.0. The maximum Gasteiger partial charge on any atom is 0.328 e. The van der Waals surface area contributed by atoms with E-state index in [0.29, 0.717) is 12.1 Å². The molecule has 130 valence electrons. The van der Waals surface area contributed by atoms with Crippen LogP contribution < -0.4 is 10.6 Å². The fourth-order valence-corrected chi connectivity index (χ4v) is 2.76. The third-order valence-electron chi connectivity index (χ3n) is 3.96. The number of cyclic esters (lactones) is 1. The van der Waals surface area contributed by atoms with Crippen LogP contribution in [0.15, 0.2) is 48.5 Å². The van der Waals surface area contributed by atoms with E-state index in [0.717, 1.165) is 5.56 Å². The largest absolute Gasteiger partial charge is 0.461 e. The summed E-state index contributed by atoms with van der Waals surface area (Å²) in [6, 6.07) is 13.0. The molecule has 0 bridgehead atoms. The summed E-state index contributed by atoms with van der Waals surface area (Å²) in [6.07, 6.45) is 0.562. The standard InChI is InChI=1S/C19H19FN2O3/c1-12-9-17(19(24)25-12)21-14-7-8-15(20)16(11-14)22-18(23)10-13-5-3-2-4-6-13/h2-8,11-12,17,21H,9-10H2,1H3,(H,22,23)/t12-,17-/m0/s1. The molecular weight excluding hydrogens is 323 g/mol. The number of amides is 1. The first-order chi connectivity index (χ1) is 12.0. The summed E-state index contributed by atoms with van der Waals surface area (Å²) in [5.74, 6) is -1.17. The zero-order valence-corrected chi connectivity index (χ0v) is 13.8. The van der Waals surface area contributed by atoms with Gasteiger partial charge in [0.05, 0.1) is 12.1 Å². The first kappa shape index (κ1) is 17.0. The summed E-state index contributed by atoms with van der Waals surface area (Å²) in [6.45, 7) is 1.82. The molecule has 25 heavy (non-hydrogen) atoms. The highest BCUT2D eigenvalue weighted by molar-refractivity contribution is 5.93. The molecule has 1 saturated heterocycles. The van der Waals surface area contributed by atoms with Gasteiger partial charge in [-0.2, -0.15) is 0 Å². The van der Waals surface area contributed by atoms with Gasteiger partial charge in [0.2, 0.25) is 5.91 Å². The van der Waals surface area contributed by atoms with Crippen molar-refractivity contribution in [1.29, 1.82) is 0 Å². The molecule has 5 nitrogen and oxygen atoms in total. The maximum atomic E-state index is 14.0. The van der Waals surface area contributed by atoms with E-state index in [1.165, 1.54) is 18.2 Å². The van der Waals surface area contributed by atoms with Crippen LogP contribution in [0, 0.1) is 5.82 Å². The Kier molecular flexibility index (Phi) is 4.97. The van der Waals surface area contributed by atoms with Gasteiger partial charge in [-0.1, -0.05) is 30.3 Å². The molecule has 0 unspecified atom stereocenters. The third-order valence-corrected chi connectivity index (χ3v) is 3.96. The molecule has 1 fully saturated rings. The predicted molar refractivity (Wildman–Crippen MR) is 92.8 cm³/mol. The molecule has 0 radical (unpaired) electrons. The van der Waals surface area contributed by atoms with E-state index in [4.69, 9.17) is 4.74 Å². The van der Waals surface area contributed by atoms with Crippen LogP contribution in [0.25, 0.3) is 0 Å². The van der Waals surface area contributed by atoms with Gasteiger partial charge in [-0.05, 0) is 30.7 Å². The number of hydrogen-bond donors (Lipinski definition) is 2. The number of rotatable bonds is 5. The van der Waals surface area contributed by atoms with E-state index in [-0.39, 0.29) is 30.1 Å². The quantitative estimate of drug-likeness (QED) is 0.819. The average Bonchev–Trinajstić information content (AvgIpc) is 2.89. The monoisotopic (exact) mass is 342 g/mol. The van der Waals surface area contributed by atoms with Crippen LogP contribution in [0.4, 0.5) is 15.8 Å². The van der Waals surface area contributed by atoms with Gasteiger partial charge in [-0.15, -0.1) is 0 Å². The van der Waals surface area contributed by atoms with Crippen LogP contribution in [-0.4, -0.2) is 24.0 Å². The molecular formula is C19H19FN2O3. The van der Waals surface area contributed by atoms with Crippen molar-refractivity contribution in [3.05, 3.63) is 59.9 Å². The second-order valence-corrected chi connectivity index (χ2v) is 6.09. The van der Waals surface area contributed by atoms with Gasteiger partial charge in [0.25, 0.3) is 0 Å². The smallest absolute Gasteiger partial charge is 0.328 e. The Labute approximate surface area is 145 Å². The van der Waals surface area contributed by atoms with Crippen molar-refractivity contribution in [3.8, 4) is 0 Å². The summed E-state index contributed by atoms with van der Waals surface area (Å²) in [5, 5.41) is 5.59. The summed E-state index contributed by atoms with van der Waals surface area (Å²) in [4.78, 5) is 23.8. The van der Waals surface area contributed by atoms with E-state index in [1.807, 2.05) is 37.3 Å². The van der Waals surface area contributed by atoms with Gasteiger partial charge in [0.1, 0.15) is 18.0 Å². The fourth-order valence-electron chi connectivity index (χ4n) is 2.76. The SMILES string of the molecule is C[C@H]1C[C@H](Nc2ccc(F)c(NC(=O)Cc3ccccc3)c2)C(=O)O1. The van der Waals surface area contributed by atoms with Gasteiger partial charge in [-0.3, -0.25) is 4.79 Å².